The van der Waals surface area contributed by atoms with Crippen LogP contribution in [0.5, 0.6) is 0 Å². The van der Waals surface area contributed by atoms with Crippen molar-refractivity contribution in [2.45, 2.75) is 4.90 Å². The minimum Gasteiger partial charge on any atom is -0.383 e. The van der Waals surface area contributed by atoms with E-state index >= 15 is 0 Å². The summed E-state index contributed by atoms with van der Waals surface area (Å²) in [5.74, 6) is -2.72. The van der Waals surface area contributed by atoms with Gasteiger partial charge in [-0.25, -0.2) is 17.2 Å². The third-order valence-electron chi connectivity index (χ3n) is 3.17. The zero-order chi connectivity index (χ0) is 18.4. The summed E-state index contributed by atoms with van der Waals surface area (Å²) in [6, 6.07) is 7.97. The molecule has 0 atom stereocenters. The van der Waals surface area contributed by atoms with Gasteiger partial charge in [0, 0.05) is 25.3 Å². The van der Waals surface area contributed by atoms with E-state index in [-0.39, 0.29) is 22.7 Å². The Morgan fingerprint density at radius 1 is 1.12 bits per heavy atom. The number of nitrogens with one attached hydrogen (secondary N) is 2. The number of rotatable bonds is 7. The highest BCUT2D eigenvalue weighted by Gasteiger charge is 2.17. The van der Waals surface area contributed by atoms with E-state index < -0.39 is 27.6 Å². The molecule has 0 aromatic heterocycles. The normalized spacial score (nSPS) is 11.2. The van der Waals surface area contributed by atoms with Crippen LogP contribution in [0.2, 0.25) is 0 Å². The maximum Gasteiger partial charge on any atom is 0.261 e. The van der Waals surface area contributed by atoms with E-state index in [1.807, 2.05) is 0 Å². The van der Waals surface area contributed by atoms with Crippen LogP contribution in [0.4, 0.5) is 14.5 Å². The fourth-order valence-electron chi connectivity index (χ4n) is 1.95. The summed E-state index contributed by atoms with van der Waals surface area (Å²) in [6.07, 6.45) is 0. The van der Waals surface area contributed by atoms with E-state index in [1.165, 1.54) is 31.4 Å². The molecule has 0 aliphatic rings. The molecule has 0 aliphatic carbocycles. The number of benzene rings is 2. The van der Waals surface area contributed by atoms with Gasteiger partial charge in [0.25, 0.3) is 15.9 Å². The molecule has 134 valence electrons. The van der Waals surface area contributed by atoms with Gasteiger partial charge in [0.15, 0.2) is 11.6 Å². The maximum atomic E-state index is 13.2. The highest BCUT2D eigenvalue weighted by Crippen LogP contribution is 2.19. The summed E-state index contributed by atoms with van der Waals surface area (Å²) in [5.41, 5.74) is 0.0121. The zero-order valence-corrected chi connectivity index (χ0v) is 14.1. The Morgan fingerprint density at radius 3 is 2.56 bits per heavy atom. The highest BCUT2D eigenvalue weighted by molar-refractivity contribution is 7.92. The number of amides is 1. The molecule has 0 unspecified atom stereocenters. The fraction of sp³-hybridized carbons (Fsp3) is 0.188. The van der Waals surface area contributed by atoms with Crippen molar-refractivity contribution in [3.8, 4) is 0 Å². The van der Waals surface area contributed by atoms with Gasteiger partial charge in [0.2, 0.25) is 0 Å². The van der Waals surface area contributed by atoms with Crippen LogP contribution in [0.25, 0.3) is 0 Å². The molecule has 0 radical (unpaired) electrons. The van der Waals surface area contributed by atoms with Crippen molar-refractivity contribution in [3.63, 3.8) is 0 Å². The van der Waals surface area contributed by atoms with Gasteiger partial charge in [-0.05, 0) is 30.3 Å². The van der Waals surface area contributed by atoms with Gasteiger partial charge < -0.3 is 10.1 Å². The third-order valence-corrected chi connectivity index (χ3v) is 4.55. The van der Waals surface area contributed by atoms with E-state index in [4.69, 9.17) is 4.74 Å². The lowest BCUT2D eigenvalue weighted by molar-refractivity contribution is 0.0937. The van der Waals surface area contributed by atoms with Crippen LogP contribution in [0, 0.1) is 11.6 Å². The predicted octanol–water partition coefficient (Wildman–Crippen LogP) is 2.14. The van der Waals surface area contributed by atoms with Crippen molar-refractivity contribution in [2.75, 3.05) is 25.0 Å². The van der Waals surface area contributed by atoms with Crippen LogP contribution >= 0.6 is 0 Å². The Morgan fingerprint density at radius 2 is 1.88 bits per heavy atom. The van der Waals surface area contributed by atoms with Crippen molar-refractivity contribution in [1.82, 2.24) is 5.32 Å². The lowest BCUT2D eigenvalue weighted by Gasteiger charge is -2.10. The Kier molecular flexibility index (Phi) is 6.05. The molecular weight excluding hydrogens is 354 g/mol. The number of anilines is 1. The fourth-order valence-corrected chi connectivity index (χ4v) is 3.04. The van der Waals surface area contributed by atoms with Gasteiger partial charge in [-0.1, -0.05) is 6.07 Å². The minimum atomic E-state index is -4.07. The molecule has 1 amide bonds. The van der Waals surface area contributed by atoms with Crippen LogP contribution in [0.1, 0.15) is 10.4 Å². The molecular formula is C16H16F2N2O4S. The quantitative estimate of drug-likeness (QED) is 0.732. The Labute approximate surface area is 143 Å². The first kappa shape index (κ1) is 18.8. The monoisotopic (exact) mass is 370 g/mol. The number of carbonyl (C=O) groups excluding carboxylic acids is 1. The molecule has 2 rings (SSSR count). The zero-order valence-electron chi connectivity index (χ0n) is 13.3. The number of hydrogen-bond acceptors (Lipinski definition) is 4. The summed E-state index contributed by atoms with van der Waals surface area (Å²) >= 11 is 0. The Hall–Kier alpha value is -2.52. The van der Waals surface area contributed by atoms with Crippen molar-refractivity contribution in [2.24, 2.45) is 0 Å². The summed E-state index contributed by atoms with van der Waals surface area (Å²) in [7, 11) is -2.58. The number of carbonyl (C=O) groups is 1. The van der Waals surface area contributed by atoms with E-state index in [9.17, 15) is 22.0 Å². The van der Waals surface area contributed by atoms with Gasteiger partial charge in [0.1, 0.15) is 0 Å². The first-order valence-electron chi connectivity index (χ1n) is 7.18. The molecule has 25 heavy (non-hydrogen) atoms. The summed E-state index contributed by atoms with van der Waals surface area (Å²) in [5, 5.41) is 2.57. The molecule has 0 spiro atoms. The number of sulfonamides is 1. The molecule has 0 saturated heterocycles. The highest BCUT2D eigenvalue weighted by atomic mass is 32.2. The van der Waals surface area contributed by atoms with E-state index in [0.717, 1.165) is 18.2 Å². The molecule has 2 aromatic carbocycles. The van der Waals surface area contributed by atoms with Crippen molar-refractivity contribution in [3.05, 3.63) is 59.7 Å². The largest absolute Gasteiger partial charge is 0.383 e. The average Bonchev–Trinajstić information content (AvgIpc) is 2.58. The van der Waals surface area contributed by atoms with Crippen molar-refractivity contribution in [1.29, 1.82) is 0 Å². The molecule has 2 N–H and O–H groups in total. The van der Waals surface area contributed by atoms with E-state index in [2.05, 4.69) is 10.0 Å². The van der Waals surface area contributed by atoms with Crippen LogP contribution in [0.3, 0.4) is 0 Å². The lowest BCUT2D eigenvalue weighted by atomic mass is 10.2. The van der Waals surface area contributed by atoms with Gasteiger partial charge >= 0.3 is 0 Å². The van der Waals surface area contributed by atoms with Gasteiger partial charge in [-0.15, -0.1) is 0 Å². The van der Waals surface area contributed by atoms with Crippen LogP contribution in [-0.2, 0) is 14.8 Å². The smallest absolute Gasteiger partial charge is 0.261 e. The average molecular weight is 370 g/mol. The molecule has 6 nitrogen and oxygen atoms in total. The van der Waals surface area contributed by atoms with E-state index in [0.29, 0.717) is 6.61 Å². The van der Waals surface area contributed by atoms with Gasteiger partial charge in [-0.3, -0.25) is 9.52 Å². The van der Waals surface area contributed by atoms with Crippen LogP contribution < -0.4 is 10.0 Å². The van der Waals surface area contributed by atoms with Crippen molar-refractivity contribution >= 4 is 21.6 Å². The second-order valence-electron chi connectivity index (χ2n) is 5.01. The maximum absolute atomic E-state index is 13.2. The first-order chi connectivity index (χ1) is 11.8. The molecule has 2 aromatic rings. The lowest BCUT2D eigenvalue weighted by Crippen LogP contribution is -2.27. The number of halogens is 2. The molecule has 0 bridgehead atoms. The number of hydrogen-bond donors (Lipinski definition) is 2. The van der Waals surface area contributed by atoms with E-state index in [1.54, 1.807) is 0 Å². The minimum absolute atomic E-state index is 0.131. The molecule has 0 fully saturated rings. The molecule has 9 heteroatoms. The summed E-state index contributed by atoms with van der Waals surface area (Å²) in [4.78, 5) is 11.8. The molecule has 0 heterocycles. The SMILES string of the molecule is COCCNC(=O)c1cccc(S(=O)(=O)Nc2ccc(F)c(F)c2)c1. The number of ether oxygens (including phenoxy) is 1. The van der Waals surface area contributed by atoms with Gasteiger partial charge in [-0.2, -0.15) is 0 Å². The predicted molar refractivity (Wildman–Crippen MR) is 87.8 cm³/mol. The Bertz CT molecular complexity index is 872. The topological polar surface area (TPSA) is 84.5 Å². The van der Waals surface area contributed by atoms with Crippen LogP contribution in [-0.4, -0.2) is 34.6 Å². The molecule has 0 saturated carbocycles. The second kappa shape index (κ2) is 8.04. The summed E-state index contributed by atoms with van der Waals surface area (Å²) < 4.78 is 57.8. The van der Waals surface area contributed by atoms with Crippen molar-refractivity contribution < 1.29 is 26.7 Å². The van der Waals surface area contributed by atoms with Gasteiger partial charge in [0.05, 0.1) is 17.2 Å². The standard InChI is InChI=1S/C16H16F2N2O4S/c1-24-8-7-19-16(21)11-3-2-4-13(9-11)25(22,23)20-12-5-6-14(17)15(18)10-12/h2-6,9-10,20H,7-8H2,1H3,(H,19,21). The second-order valence-corrected chi connectivity index (χ2v) is 6.69. The Balaban J connectivity index is 2.20. The first-order valence-corrected chi connectivity index (χ1v) is 8.67. The number of methoxy groups -OCH3 is 1. The molecule has 0 aliphatic heterocycles. The third kappa shape index (κ3) is 4.97. The summed E-state index contributed by atoms with van der Waals surface area (Å²) in [6.45, 7) is 0.598. The van der Waals surface area contributed by atoms with Crippen LogP contribution in [0.15, 0.2) is 47.4 Å².